The van der Waals surface area contributed by atoms with E-state index >= 15 is 0 Å². The number of hydrogen-bond acceptors (Lipinski definition) is 3. The maximum atomic E-state index is 12.2. The summed E-state index contributed by atoms with van der Waals surface area (Å²) in [4.78, 5) is 35.8. The van der Waals surface area contributed by atoms with Gasteiger partial charge in [-0.1, -0.05) is 0 Å². The van der Waals surface area contributed by atoms with Crippen LogP contribution < -0.4 is 11.1 Å². The summed E-state index contributed by atoms with van der Waals surface area (Å²) in [6.07, 6.45) is 3.49. The van der Waals surface area contributed by atoms with Gasteiger partial charge in [-0.25, -0.2) is 4.79 Å². The molecule has 0 spiro atoms. The molecule has 7 nitrogen and oxygen atoms in total. The van der Waals surface area contributed by atoms with Crippen LogP contribution in [0.1, 0.15) is 38.5 Å². The van der Waals surface area contributed by atoms with Crippen LogP contribution in [0, 0.1) is 5.92 Å². The van der Waals surface area contributed by atoms with Crippen molar-refractivity contribution >= 4 is 17.9 Å². The van der Waals surface area contributed by atoms with Crippen molar-refractivity contribution in [1.29, 1.82) is 0 Å². The zero-order valence-corrected chi connectivity index (χ0v) is 11.4. The molecule has 0 aromatic rings. The highest BCUT2D eigenvalue weighted by atomic mass is 16.4. The van der Waals surface area contributed by atoms with Gasteiger partial charge in [0.05, 0.1) is 12.0 Å². The van der Waals surface area contributed by atoms with E-state index in [9.17, 15) is 14.4 Å². The largest absolute Gasteiger partial charge is 0.481 e. The van der Waals surface area contributed by atoms with Crippen molar-refractivity contribution in [3.05, 3.63) is 0 Å². The zero-order chi connectivity index (χ0) is 14.8. The number of carbonyl (C=O) groups is 3. The van der Waals surface area contributed by atoms with E-state index in [1.54, 1.807) is 4.90 Å². The van der Waals surface area contributed by atoms with Crippen molar-refractivity contribution in [2.24, 2.45) is 11.7 Å². The molecule has 0 radical (unpaired) electrons. The highest BCUT2D eigenvalue weighted by Gasteiger charge is 2.41. The van der Waals surface area contributed by atoms with Gasteiger partial charge in [-0.2, -0.15) is 0 Å². The first kappa shape index (κ1) is 14.6. The molecule has 3 amide bonds. The van der Waals surface area contributed by atoms with Gasteiger partial charge in [-0.15, -0.1) is 0 Å². The van der Waals surface area contributed by atoms with Gasteiger partial charge in [0.15, 0.2) is 0 Å². The Kier molecular flexibility index (Phi) is 4.15. The summed E-state index contributed by atoms with van der Waals surface area (Å²) < 4.78 is 0. The number of piperidine rings is 1. The quantitative estimate of drug-likeness (QED) is 0.688. The fourth-order valence-corrected chi connectivity index (χ4v) is 2.91. The van der Waals surface area contributed by atoms with Crippen LogP contribution in [-0.4, -0.2) is 46.5 Å². The van der Waals surface area contributed by atoms with Crippen molar-refractivity contribution in [3.63, 3.8) is 0 Å². The first-order valence-corrected chi connectivity index (χ1v) is 7.00. The van der Waals surface area contributed by atoms with Crippen molar-refractivity contribution in [1.82, 2.24) is 10.2 Å². The highest BCUT2D eigenvalue weighted by molar-refractivity contribution is 5.79. The number of aliphatic carboxylic acids is 1. The monoisotopic (exact) mass is 283 g/mol. The van der Waals surface area contributed by atoms with Gasteiger partial charge < -0.3 is 21.1 Å². The molecule has 4 N–H and O–H groups in total. The van der Waals surface area contributed by atoms with E-state index in [-0.39, 0.29) is 24.3 Å². The van der Waals surface area contributed by atoms with Crippen LogP contribution in [0.4, 0.5) is 4.79 Å². The summed E-state index contributed by atoms with van der Waals surface area (Å²) in [5.41, 5.74) is 4.67. The Labute approximate surface area is 117 Å². The molecule has 0 unspecified atom stereocenters. The second-order valence-corrected chi connectivity index (χ2v) is 5.80. The predicted molar refractivity (Wildman–Crippen MR) is 70.9 cm³/mol. The Hall–Kier alpha value is -1.79. The van der Waals surface area contributed by atoms with Gasteiger partial charge >= 0.3 is 12.0 Å². The normalized spacial score (nSPS) is 21.9. The lowest BCUT2D eigenvalue weighted by molar-refractivity contribution is -0.139. The van der Waals surface area contributed by atoms with Gasteiger partial charge in [0.2, 0.25) is 5.91 Å². The molecule has 2 aliphatic rings. The molecule has 112 valence electrons. The maximum Gasteiger partial charge on any atom is 0.317 e. The van der Waals surface area contributed by atoms with E-state index in [1.165, 1.54) is 0 Å². The van der Waals surface area contributed by atoms with E-state index in [4.69, 9.17) is 10.8 Å². The molecular formula is C13H21N3O4. The Bertz CT molecular complexity index is 412. The summed E-state index contributed by atoms with van der Waals surface area (Å²) in [7, 11) is 0. The average molecular weight is 283 g/mol. The van der Waals surface area contributed by atoms with Crippen LogP contribution in [0.3, 0.4) is 0 Å². The maximum absolute atomic E-state index is 12.2. The minimum Gasteiger partial charge on any atom is -0.481 e. The average Bonchev–Trinajstić information content (AvgIpc) is 2.35. The standard InChI is InChI=1S/C13H21N3O4/c14-11(19)9-2-6-16(7-3-9)12(20)15-13(4-1-5-13)8-10(17)18/h9H,1-8H2,(H2,14,19)(H,15,20)(H,17,18). The number of nitrogens with two attached hydrogens (primary N) is 1. The van der Waals surface area contributed by atoms with Crippen LogP contribution in [0.15, 0.2) is 0 Å². The van der Waals surface area contributed by atoms with Crippen LogP contribution in [-0.2, 0) is 9.59 Å². The smallest absolute Gasteiger partial charge is 0.317 e. The van der Waals surface area contributed by atoms with Crippen LogP contribution in [0.25, 0.3) is 0 Å². The summed E-state index contributed by atoms with van der Waals surface area (Å²) in [5, 5.41) is 11.8. The number of rotatable bonds is 4. The second-order valence-electron chi connectivity index (χ2n) is 5.80. The first-order valence-electron chi connectivity index (χ1n) is 7.00. The Balaban J connectivity index is 1.86. The minimum absolute atomic E-state index is 0.0313. The number of urea groups is 1. The van der Waals surface area contributed by atoms with Gasteiger partial charge in [0.25, 0.3) is 0 Å². The fraction of sp³-hybridized carbons (Fsp3) is 0.769. The predicted octanol–water partition coefficient (Wildman–Crippen LogP) is 0.291. The van der Waals surface area contributed by atoms with E-state index in [0.717, 1.165) is 6.42 Å². The molecule has 1 saturated carbocycles. The molecule has 1 saturated heterocycles. The number of nitrogens with one attached hydrogen (secondary N) is 1. The van der Waals surface area contributed by atoms with E-state index < -0.39 is 11.5 Å². The third-order valence-corrected chi connectivity index (χ3v) is 4.36. The Morgan fingerprint density at radius 2 is 1.85 bits per heavy atom. The Morgan fingerprint density at radius 1 is 1.25 bits per heavy atom. The summed E-state index contributed by atoms with van der Waals surface area (Å²) in [5.74, 6) is -1.36. The number of carboxylic acids is 1. The van der Waals surface area contributed by atoms with Crippen molar-refractivity contribution in [2.45, 2.75) is 44.1 Å². The molecule has 0 aromatic heterocycles. The lowest BCUT2D eigenvalue weighted by Crippen LogP contribution is -2.59. The van der Waals surface area contributed by atoms with E-state index in [0.29, 0.717) is 38.8 Å². The first-order chi connectivity index (χ1) is 9.42. The number of carboxylic acid groups (broad SMARTS) is 1. The van der Waals surface area contributed by atoms with Crippen LogP contribution in [0.5, 0.6) is 0 Å². The Morgan fingerprint density at radius 3 is 2.25 bits per heavy atom. The van der Waals surface area contributed by atoms with Gasteiger partial charge in [0, 0.05) is 19.0 Å². The summed E-state index contributed by atoms with van der Waals surface area (Å²) >= 11 is 0. The fourth-order valence-electron chi connectivity index (χ4n) is 2.91. The molecule has 0 aromatic carbocycles. The minimum atomic E-state index is -0.891. The molecule has 1 aliphatic carbocycles. The number of nitrogens with zero attached hydrogens (tertiary/aromatic N) is 1. The van der Waals surface area contributed by atoms with Crippen molar-refractivity contribution in [3.8, 4) is 0 Å². The lowest BCUT2D eigenvalue weighted by atomic mass is 9.74. The number of amides is 3. The third-order valence-electron chi connectivity index (χ3n) is 4.36. The third kappa shape index (κ3) is 3.20. The van der Waals surface area contributed by atoms with Gasteiger partial charge in [0.1, 0.15) is 0 Å². The van der Waals surface area contributed by atoms with E-state index in [2.05, 4.69) is 5.32 Å². The lowest BCUT2D eigenvalue weighted by Gasteiger charge is -2.43. The summed E-state index contributed by atoms with van der Waals surface area (Å²) in [6.45, 7) is 0.977. The molecule has 0 bridgehead atoms. The second kappa shape index (κ2) is 5.68. The topological polar surface area (TPSA) is 113 Å². The SMILES string of the molecule is NC(=O)C1CCN(C(=O)NC2(CC(=O)O)CCC2)CC1. The van der Waals surface area contributed by atoms with E-state index in [1.807, 2.05) is 0 Å². The molecule has 20 heavy (non-hydrogen) atoms. The highest BCUT2D eigenvalue weighted by Crippen LogP contribution is 2.35. The number of primary amides is 1. The number of hydrogen-bond donors (Lipinski definition) is 3. The molecular weight excluding hydrogens is 262 g/mol. The van der Waals surface area contributed by atoms with Crippen molar-refractivity contribution < 1.29 is 19.5 Å². The zero-order valence-electron chi connectivity index (χ0n) is 11.4. The molecule has 1 aliphatic heterocycles. The molecule has 2 fully saturated rings. The molecule has 1 heterocycles. The summed E-state index contributed by atoms with van der Waals surface area (Å²) in [6, 6.07) is -0.228. The molecule has 0 atom stereocenters. The number of carbonyl (C=O) groups excluding carboxylic acids is 2. The number of likely N-dealkylation sites (tertiary alicyclic amines) is 1. The molecule has 7 heteroatoms. The molecule has 2 rings (SSSR count). The van der Waals surface area contributed by atoms with Crippen molar-refractivity contribution in [2.75, 3.05) is 13.1 Å². The van der Waals surface area contributed by atoms with Gasteiger partial charge in [-0.05, 0) is 32.1 Å². The van der Waals surface area contributed by atoms with Crippen LogP contribution in [0.2, 0.25) is 0 Å². The van der Waals surface area contributed by atoms with Crippen LogP contribution >= 0.6 is 0 Å². The van der Waals surface area contributed by atoms with Gasteiger partial charge in [-0.3, -0.25) is 9.59 Å².